The van der Waals surface area contributed by atoms with Gasteiger partial charge in [-0.15, -0.1) is 0 Å². The number of pyridine rings is 1. The minimum absolute atomic E-state index is 0.0147. The van der Waals surface area contributed by atoms with E-state index >= 15 is 0 Å². The van der Waals surface area contributed by atoms with E-state index in [1.807, 2.05) is 24.4 Å². The average molecular weight is 324 g/mol. The third-order valence-electron chi connectivity index (χ3n) is 4.61. The first-order valence-electron chi connectivity index (χ1n) is 8.50. The summed E-state index contributed by atoms with van der Waals surface area (Å²) in [6, 6.07) is 5.68. The molecule has 3 heterocycles. The van der Waals surface area contributed by atoms with Gasteiger partial charge in [-0.1, -0.05) is 6.07 Å². The van der Waals surface area contributed by atoms with Crippen molar-refractivity contribution in [2.75, 3.05) is 6.61 Å². The van der Waals surface area contributed by atoms with Crippen molar-refractivity contribution < 1.29 is 9.53 Å². The molecule has 1 amide bonds. The number of amides is 1. The monoisotopic (exact) mass is 324 g/mol. The molecule has 0 radical (unpaired) electrons. The van der Waals surface area contributed by atoms with E-state index in [0.717, 1.165) is 49.1 Å². The van der Waals surface area contributed by atoms with Gasteiger partial charge in [-0.25, -0.2) is 9.97 Å². The highest BCUT2D eigenvalue weighted by atomic mass is 16.5. The van der Waals surface area contributed by atoms with Crippen molar-refractivity contribution in [3.8, 4) is 11.5 Å². The lowest BCUT2D eigenvalue weighted by Crippen LogP contribution is -2.38. The molecular weight excluding hydrogens is 304 g/mol. The average Bonchev–Trinajstić information content (AvgIpc) is 3.17. The smallest absolute Gasteiger partial charge is 0.249 e. The van der Waals surface area contributed by atoms with E-state index in [-0.39, 0.29) is 18.1 Å². The summed E-state index contributed by atoms with van der Waals surface area (Å²) in [4.78, 5) is 25.8. The van der Waals surface area contributed by atoms with Crippen LogP contribution in [0.1, 0.15) is 43.0 Å². The van der Waals surface area contributed by atoms with Gasteiger partial charge in [-0.05, 0) is 44.2 Å². The zero-order valence-corrected chi connectivity index (χ0v) is 13.4. The fourth-order valence-corrected chi connectivity index (χ4v) is 3.36. The minimum Gasteiger partial charge on any atom is -0.368 e. The largest absolute Gasteiger partial charge is 0.368 e. The van der Waals surface area contributed by atoms with Crippen molar-refractivity contribution >= 4 is 5.91 Å². The zero-order chi connectivity index (χ0) is 16.4. The van der Waals surface area contributed by atoms with Gasteiger partial charge < -0.3 is 10.1 Å². The number of hydrogen-bond donors (Lipinski definition) is 1. The number of fused-ring (bicyclic) bond motifs is 1. The summed E-state index contributed by atoms with van der Waals surface area (Å²) >= 11 is 0. The third-order valence-corrected chi connectivity index (χ3v) is 4.61. The second-order valence-electron chi connectivity index (χ2n) is 6.27. The molecule has 4 rings (SSSR count). The van der Waals surface area contributed by atoms with Crippen LogP contribution in [0.15, 0.2) is 30.6 Å². The standard InChI is InChI=1S/C18H20N4O2/c23-18(16-8-4-10-24-16)22-14-7-3-6-13-12(14)11-20-17(21-13)15-5-1-2-9-19-15/h1-2,5,9,11,14,16H,3-4,6-8,10H2,(H,22,23)/t14-,16+/m0/s1. The van der Waals surface area contributed by atoms with Crippen LogP contribution in [0.2, 0.25) is 0 Å². The molecule has 1 aliphatic carbocycles. The van der Waals surface area contributed by atoms with Crippen LogP contribution in [0.25, 0.3) is 11.5 Å². The first-order chi connectivity index (χ1) is 11.8. The lowest BCUT2D eigenvalue weighted by molar-refractivity contribution is -0.130. The van der Waals surface area contributed by atoms with E-state index in [9.17, 15) is 4.79 Å². The van der Waals surface area contributed by atoms with E-state index in [1.165, 1.54) is 0 Å². The van der Waals surface area contributed by atoms with Crippen molar-refractivity contribution in [2.45, 2.75) is 44.2 Å². The van der Waals surface area contributed by atoms with Gasteiger partial charge in [-0.2, -0.15) is 0 Å². The minimum atomic E-state index is -0.302. The van der Waals surface area contributed by atoms with Gasteiger partial charge >= 0.3 is 0 Å². The fraction of sp³-hybridized carbons (Fsp3) is 0.444. The Hall–Kier alpha value is -2.34. The van der Waals surface area contributed by atoms with Gasteiger partial charge in [0.15, 0.2) is 5.82 Å². The van der Waals surface area contributed by atoms with Crippen LogP contribution in [0.4, 0.5) is 0 Å². The molecule has 6 nitrogen and oxygen atoms in total. The maximum atomic E-state index is 12.3. The summed E-state index contributed by atoms with van der Waals surface area (Å²) in [7, 11) is 0. The van der Waals surface area contributed by atoms with Gasteiger partial charge in [-0.3, -0.25) is 9.78 Å². The van der Waals surface area contributed by atoms with Crippen molar-refractivity contribution in [1.82, 2.24) is 20.3 Å². The molecule has 0 saturated carbocycles. The number of aromatic nitrogens is 3. The molecule has 0 aromatic carbocycles. The van der Waals surface area contributed by atoms with E-state index in [2.05, 4.69) is 20.3 Å². The SMILES string of the molecule is O=C(N[C@H]1CCCc2nc(-c3ccccn3)ncc21)[C@H]1CCCO1. The molecule has 0 bridgehead atoms. The first kappa shape index (κ1) is 15.2. The molecule has 2 aromatic rings. The van der Waals surface area contributed by atoms with Crippen molar-refractivity contribution in [3.05, 3.63) is 41.9 Å². The molecular formula is C18H20N4O2. The van der Waals surface area contributed by atoms with Gasteiger partial charge in [0.05, 0.1) is 6.04 Å². The van der Waals surface area contributed by atoms with Crippen LogP contribution in [0, 0.1) is 0 Å². The Balaban J connectivity index is 1.55. The molecule has 2 aromatic heterocycles. The Labute approximate surface area is 140 Å². The van der Waals surface area contributed by atoms with E-state index in [0.29, 0.717) is 12.4 Å². The summed E-state index contributed by atoms with van der Waals surface area (Å²) in [5.41, 5.74) is 2.80. The van der Waals surface area contributed by atoms with Crippen LogP contribution >= 0.6 is 0 Å². The molecule has 0 spiro atoms. The molecule has 124 valence electrons. The molecule has 0 unspecified atom stereocenters. The number of nitrogens with zero attached hydrogens (tertiary/aromatic N) is 3. The summed E-state index contributed by atoms with van der Waals surface area (Å²) in [5.74, 6) is 0.625. The molecule has 1 N–H and O–H groups in total. The summed E-state index contributed by atoms with van der Waals surface area (Å²) < 4.78 is 5.47. The van der Waals surface area contributed by atoms with Gasteiger partial charge in [0.1, 0.15) is 11.8 Å². The van der Waals surface area contributed by atoms with Gasteiger partial charge in [0.25, 0.3) is 0 Å². The topological polar surface area (TPSA) is 77.0 Å². The number of aryl methyl sites for hydroxylation is 1. The van der Waals surface area contributed by atoms with Gasteiger partial charge in [0, 0.05) is 30.3 Å². The molecule has 2 atom stereocenters. The number of ether oxygens (including phenoxy) is 1. The number of rotatable bonds is 3. The summed E-state index contributed by atoms with van der Waals surface area (Å²) in [5, 5.41) is 3.12. The van der Waals surface area contributed by atoms with Crippen LogP contribution in [0.3, 0.4) is 0 Å². The van der Waals surface area contributed by atoms with Crippen molar-refractivity contribution in [3.63, 3.8) is 0 Å². The lowest BCUT2D eigenvalue weighted by atomic mass is 9.92. The fourth-order valence-electron chi connectivity index (χ4n) is 3.36. The number of carbonyl (C=O) groups excluding carboxylic acids is 1. The molecule has 1 aliphatic heterocycles. The highest BCUT2D eigenvalue weighted by Crippen LogP contribution is 2.29. The number of carbonyl (C=O) groups is 1. The van der Waals surface area contributed by atoms with Crippen molar-refractivity contribution in [1.29, 1.82) is 0 Å². The summed E-state index contributed by atoms with van der Waals surface area (Å²) in [6.07, 6.45) is 7.86. The second-order valence-corrected chi connectivity index (χ2v) is 6.27. The van der Waals surface area contributed by atoms with Crippen LogP contribution in [-0.2, 0) is 16.0 Å². The maximum absolute atomic E-state index is 12.3. The third kappa shape index (κ3) is 3.01. The molecule has 1 fully saturated rings. The molecule has 2 aliphatic rings. The van der Waals surface area contributed by atoms with Crippen LogP contribution in [-0.4, -0.2) is 33.6 Å². The van der Waals surface area contributed by atoms with E-state index in [4.69, 9.17) is 4.74 Å². The summed E-state index contributed by atoms with van der Waals surface area (Å²) in [6.45, 7) is 0.676. The lowest BCUT2D eigenvalue weighted by Gasteiger charge is -2.26. The van der Waals surface area contributed by atoms with Gasteiger partial charge in [0.2, 0.25) is 5.91 Å². The Bertz CT molecular complexity index is 729. The highest BCUT2D eigenvalue weighted by molar-refractivity contribution is 5.81. The normalized spacial score (nSPS) is 22.8. The van der Waals surface area contributed by atoms with Crippen LogP contribution < -0.4 is 5.32 Å². The maximum Gasteiger partial charge on any atom is 0.249 e. The molecule has 6 heteroatoms. The zero-order valence-electron chi connectivity index (χ0n) is 13.4. The Kier molecular flexibility index (Phi) is 4.21. The van der Waals surface area contributed by atoms with E-state index < -0.39 is 0 Å². The number of nitrogens with one attached hydrogen (secondary N) is 1. The number of hydrogen-bond acceptors (Lipinski definition) is 5. The Morgan fingerprint density at radius 2 is 2.17 bits per heavy atom. The second kappa shape index (κ2) is 6.65. The predicted octanol–water partition coefficient (Wildman–Crippen LogP) is 2.21. The quantitative estimate of drug-likeness (QED) is 0.936. The molecule has 24 heavy (non-hydrogen) atoms. The van der Waals surface area contributed by atoms with Crippen molar-refractivity contribution in [2.24, 2.45) is 0 Å². The Morgan fingerprint density at radius 3 is 2.96 bits per heavy atom. The Morgan fingerprint density at radius 1 is 1.21 bits per heavy atom. The first-order valence-corrected chi connectivity index (χ1v) is 8.50. The predicted molar refractivity (Wildman–Crippen MR) is 88.1 cm³/mol. The van der Waals surface area contributed by atoms with Crippen LogP contribution in [0.5, 0.6) is 0 Å². The highest BCUT2D eigenvalue weighted by Gasteiger charge is 2.29. The molecule has 1 saturated heterocycles. The van der Waals surface area contributed by atoms with E-state index in [1.54, 1.807) is 6.20 Å².